The summed E-state index contributed by atoms with van der Waals surface area (Å²) in [4.78, 5) is 0. The molecule has 16 heavy (non-hydrogen) atoms. The predicted molar refractivity (Wildman–Crippen MR) is 59.0 cm³/mol. The van der Waals surface area contributed by atoms with Gasteiger partial charge in [-0.15, -0.1) is 0 Å². The molecule has 0 aliphatic heterocycles. The summed E-state index contributed by atoms with van der Waals surface area (Å²) in [7, 11) is 1.80. The van der Waals surface area contributed by atoms with Crippen LogP contribution in [-0.2, 0) is 6.18 Å². The van der Waals surface area contributed by atoms with E-state index in [9.17, 15) is 13.2 Å². The normalized spacial score (nSPS) is 12.9. The molecule has 0 saturated heterocycles. The van der Waals surface area contributed by atoms with E-state index in [1.165, 1.54) is 6.07 Å². The molecule has 0 atom stereocenters. The van der Waals surface area contributed by atoms with Crippen LogP contribution in [0.3, 0.4) is 0 Å². The maximum Gasteiger partial charge on any atom is 0.416 e. The molecule has 0 amide bonds. The first-order valence-corrected chi connectivity index (χ1v) is 4.92. The monoisotopic (exact) mass is 229 g/mol. The highest BCUT2D eigenvalue weighted by atomic mass is 19.4. The molecule has 0 unspecified atom stereocenters. The largest absolute Gasteiger partial charge is 0.416 e. The van der Waals surface area contributed by atoms with Crippen LogP contribution in [0.4, 0.5) is 13.2 Å². The standard InChI is InChI=1S/C12H14F3N/c1-9(8-16-2)6-10-4-3-5-11(7-10)12(13,14)15/h3-7,16H,8H2,1-2H3. The van der Waals surface area contributed by atoms with E-state index in [1.807, 2.05) is 6.92 Å². The molecule has 0 spiro atoms. The first kappa shape index (κ1) is 12.8. The minimum Gasteiger partial charge on any atom is -0.316 e. The lowest BCUT2D eigenvalue weighted by molar-refractivity contribution is -0.137. The second-order valence-corrected chi connectivity index (χ2v) is 3.64. The molecule has 0 aliphatic rings. The molecule has 88 valence electrons. The molecular weight excluding hydrogens is 215 g/mol. The van der Waals surface area contributed by atoms with Gasteiger partial charge in [-0.25, -0.2) is 0 Å². The molecule has 0 saturated carbocycles. The van der Waals surface area contributed by atoms with Gasteiger partial charge in [-0.3, -0.25) is 0 Å². The summed E-state index contributed by atoms with van der Waals surface area (Å²) in [6.07, 6.45) is -2.54. The molecule has 1 rings (SSSR count). The van der Waals surface area contributed by atoms with Crippen molar-refractivity contribution in [3.8, 4) is 0 Å². The molecule has 0 fully saturated rings. The number of nitrogens with one attached hydrogen (secondary N) is 1. The lowest BCUT2D eigenvalue weighted by Crippen LogP contribution is -2.08. The van der Waals surface area contributed by atoms with Crippen LogP contribution >= 0.6 is 0 Å². The Balaban J connectivity index is 2.95. The van der Waals surface area contributed by atoms with Crippen LogP contribution in [0, 0.1) is 0 Å². The van der Waals surface area contributed by atoms with Crippen molar-refractivity contribution in [1.82, 2.24) is 5.32 Å². The van der Waals surface area contributed by atoms with E-state index in [0.717, 1.165) is 17.7 Å². The summed E-state index contributed by atoms with van der Waals surface area (Å²) in [5.74, 6) is 0. The van der Waals surface area contributed by atoms with Gasteiger partial charge in [0.05, 0.1) is 5.56 Å². The lowest BCUT2D eigenvalue weighted by atomic mass is 10.1. The second-order valence-electron chi connectivity index (χ2n) is 3.64. The van der Waals surface area contributed by atoms with Gasteiger partial charge in [0.15, 0.2) is 0 Å². The molecule has 0 aliphatic carbocycles. The van der Waals surface area contributed by atoms with E-state index < -0.39 is 11.7 Å². The first-order chi connectivity index (χ1) is 7.43. The number of rotatable bonds is 3. The molecule has 0 aromatic heterocycles. The van der Waals surface area contributed by atoms with Crippen molar-refractivity contribution in [2.45, 2.75) is 13.1 Å². The number of benzene rings is 1. The average Bonchev–Trinajstić information content (AvgIpc) is 2.17. The van der Waals surface area contributed by atoms with Crippen LogP contribution in [0.2, 0.25) is 0 Å². The molecule has 0 bridgehead atoms. The molecular formula is C12H14F3N. The summed E-state index contributed by atoms with van der Waals surface area (Å²) < 4.78 is 37.3. The van der Waals surface area contributed by atoms with Crippen LogP contribution in [0.15, 0.2) is 29.8 Å². The van der Waals surface area contributed by atoms with Gasteiger partial charge in [-0.1, -0.05) is 23.8 Å². The number of hydrogen-bond acceptors (Lipinski definition) is 1. The Morgan fingerprint density at radius 1 is 1.38 bits per heavy atom. The SMILES string of the molecule is CNCC(C)=Cc1cccc(C(F)(F)F)c1. The zero-order valence-corrected chi connectivity index (χ0v) is 9.23. The van der Waals surface area contributed by atoms with Crippen LogP contribution in [-0.4, -0.2) is 13.6 Å². The molecule has 1 N–H and O–H groups in total. The average molecular weight is 229 g/mol. The third-order valence-electron chi connectivity index (χ3n) is 2.08. The van der Waals surface area contributed by atoms with Crippen LogP contribution in [0.25, 0.3) is 6.08 Å². The number of hydrogen-bond donors (Lipinski definition) is 1. The summed E-state index contributed by atoms with van der Waals surface area (Å²) in [6, 6.07) is 5.31. The van der Waals surface area contributed by atoms with Crippen molar-refractivity contribution in [2.75, 3.05) is 13.6 Å². The minimum atomic E-state index is -4.28. The van der Waals surface area contributed by atoms with Gasteiger partial charge < -0.3 is 5.32 Å². The van der Waals surface area contributed by atoms with Crippen LogP contribution in [0.1, 0.15) is 18.1 Å². The highest BCUT2D eigenvalue weighted by Gasteiger charge is 2.30. The van der Waals surface area contributed by atoms with Gasteiger partial charge in [0.1, 0.15) is 0 Å². The molecule has 1 aromatic rings. The smallest absolute Gasteiger partial charge is 0.316 e. The molecule has 1 nitrogen and oxygen atoms in total. The quantitative estimate of drug-likeness (QED) is 0.838. The zero-order chi connectivity index (χ0) is 12.2. The van der Waals surface area contributed by atoms with E-state index in [0.29, 0.717) is 12.1 Å². The van der Waals surface area contributed by atoms with E-state index in [1.54, 1.807) is 19.2 Å². The van der Waals surface area contributed by atoms with Crippen molar-refractivity contribution in [3.05, 3.63) is 41.0 Å². The van der Waals surface area contributed by atoms with Gasteiger partial charge in [0.2, 0.25) is 0 Å². The molecule has 0 radical (unpaired) electrons. The fourth-order valence-corrected chi connectivity index (χ4v) is 1.42. The third kappa shape index (κ3) is 3.70. The fourth-order valence-electron chi connectivity index (χ4n) is 1.42. The summed E-state index contributed by atoms with van der Waals surface area (Å²) in [6.45, 7) is 2.53. The number of likely N-dealkylation sites (N-methyl/N-ethyl adjacent to an activating group) is 1. The highest BCUT2D eigenvalue weighted by Crippen LogP contribution is 2.29. The number of halogens is 3. The van der Waals surface area contributed by atoms with E-state index in [4.69, 9.17) is 0 Å². The van der Waals surface area contributed by atoms with E-state index in [-0.39, 0.29) is 0 Å². The fraction of sp³-hybridized carbons (Fsp3) is 0.333. The van der Waals surface area contributed by atoms with Gasteiger partial charge in [-0.05, 0) is 31.7 Å². The van der Waals surface area contributed by atoms with Crippen molar-refractivity contribution in [1.29, 1.82) is 0 Å². The molecule has 0 heterocycles. The molecule has 4 heteroatoms. The Morgan fingerprint density at radius 2 is 2.06 bits per heavy atom. The van der Waals surface area contributed by atoms with Gasteiger partial charge >= 0.3 is 6.18 Å². The van der Waals surface area contributed by atoms with Crippen molar-refractivity contribution < 1.29 is 13.2 Å². The van der Waals surface area contributed by atoms with Crippen LogP contribution < -0.4 is 5.32 Å². The summed E-state index contributed by atoms with van der Waals surface area (Å²) in [5, 5.41) is 2.94. The minimum absolute atomic E-state index is 0.572. The maximum absolute atomic E-state index is 12.4. The van der Waals surface area contributed by atoms with E-state index >= 15 is 0 Å². The highest BCUT2D eigenvalue weighted by molar-refractivity contribution is 5.53. The van der Waals surface area contributed by atoms with Crippen LogP contribution in [0.5, 0.6) is 0 Å². The summed E-state index contributed by atoms with van der Waals surface area (Å²) in [5.41, 5.74) is 0.947. The first-order valence-electron chi connectivity index (χ1n) is 4.92. The second kappa shape index (κ2) is 5.16. The van der Waals surface area contributed by atoms with Crippen molar-refractivity contribution >= 4 is 6.08 Å². The summed E-state index contributed by atoms with van der Waals surface area (Å²) >= 11 is 0. The maximum atomic E-state index is 12.4. The van der Waals surface area contributed by atoms with Gasteiger partial charge in [-0.2, -0.15) is 13.2 Å². The third-order valence-corrected chi connectivity index (χ3v) is 2.08. The number of alkyl halides is 3. The predicted octanol–water partition coefficient (Wildman–Crippen LogP) is 3.33. The van der Waals surface area contributed by atoms with Gasteiger partial charge in [0.25, 0.3) is 0 Å². The Morgan fingerprint density at radius 3 is 2.62 bits per heavy atom. The Labute approximate surface area is 93.0 Å². The van der Waals surface area contributed by atoms with E-state index in [2.05, 4.69) is 5.32 Å². The van der Waals surface area contributed by atoms with Gasteiger partial charge in [0, 0.05) is 6.54 Å². The zero-order valence-electron chi connectivity index (χ0n) is 9.23. The van der Waals surface area contributed by atoms with Crippen molar-refractivity contribution in [3.63, 3.8) is 0 Å². The Kier molecular flexibility index (Phi) is 4.12. The Hall–Kier alpha value is -1.29. The lowest BCUT2D eigenvalue weighted by Gasteiger charge is -2.07. The van der Waals surface area contributed by atoms with Crippen molar-refractivity contribution in [2.24, 2.45) is 0 Å². The Bertz CT molecular complexity index is 380. The topological polar surface area (TPSA) is 12.0 Å². The molecule has 1 aromatic carbocycles.